The molecule has 3 N–H and O–H groups in total. The largest absolute Gasteiger partial charge is 0.329 e. The molecule has 1 heterocycles. The Bertz CT molecular complexity index is 501. The first-order valence-electron chi connectivity index (χ1n) is 7.80. The van der Waals surface area contributed by atoms with Crippen LogP contribution in [0.1, 0.15) is 30.9 Å². The van der Waals surface area contributed by atoms with Crippen LogP contribution in [-0.2, 0) is 4.79 Å². The molecule has 1 aromatic carbocycles. The second kappa shape index (κ2) is 7.05. The van der Waals surface area contributed by atoms with E-state index < -0.39 is 0 Å². The number of hydrogen-bond donors (Lipinski definition) is 2. The van der Waals surface area contributed by atoms with E-state index in [1.807, 2.05) is 19.1 Å². The number of nitrogens with one attached hydrogen (secondary N) is 1. The summed E-state index contributed by atoms with van der Waals surface area (Å²) in [5, 5.41) is 3.02. The fourth-order valence-corrected chi connectivity index (χ4v) is 3.08. The number of piperidine rings is 1. The first kappa shape index (κ1) is 16.0. The second-order valence-corrected chi connectivity index (χ2v) is 6.36. The molecule has 21 heavy (non-hydrogen) atoms. The standard InChI is InChI=1S/C17H27N3O/c1-12-4-5-16(14(3)8-12)19-17(21)11-20-7-6-13(2)9-15(20)10-18/h4-5,8,13,15H,6-7,9-11,18H2,1-3H3,(H,19,21). The Morgan fingerprint density at radius 2 is 2.19 bits per heavy atom. The van der Waals surface area contributed by atoms with E-state index in [9.17, 15) is 4.79 Å². The monoisotopic (exact) mass is 289 g/mol. The maximum absolute atomic E-state index is 12.3. The van der Waals surface area contributed by atoms with Gasteiger partial charge in [-0.05, 0) is 50.8 Å². The maximum Gasteiger partial charge on any atom is 0.238 e. The van der Waals surface area contributed by atoms with Gasteiger partial charge in [0.05, 0.1) is 6.54 Å². The molecular weight excluding hydrogens is 262 g/mol. The number of nitrogens with zero attached hydrogens (tertiary/aromatic N) is 1. The molecule has 2 unspecified atom stereocenters. The number of hydrogen-bond acceptors (Lipinski definition) is 3. The van der Waals surface area contributed by atoms with Crippen molar-refractivity contribution in [3.8, 4) is 0 Å². The average Bonchev–Trinajstić information content (AvgIpc) is 2.44. The highest BCUT2D eigenvalue weighted by atomic mass is 16.2. The number of aryl methyl sites for hydroxylation is 2. The van der Waals surface area contributed by atoms with Crippen molar-refractivity contribution < 1.29 is 4.79 Å². The second-order valence-electron chi connectivity index (χ2n) is 6.36. The van der Waals surface area contributed by atoms with Crippen molar-refractivity contribution in [2.24, 2.45) is 11.7 Å². The van der Waals surface area contributed by atoms with E-state index in [2.05, 4.69) is 30.1 Å². The fourth-order valence-electron chi connectivity index (χ4n) is 3.08. The lowest BCUT2D eigenvalue weighted by molar-refractivity contribution is -0.118. The van der Waals surface area contributed by atoms with Crippen LogP contribution in [-0.4, -0.2) is 36.5 Å². The Hall–Kier alpha value is -1.39. The molecule has 116 valence electrons. The van der Waals surface area contributed by atoms with Gasteiger partial charge in [0.25, 0.3) is 0 Å². The lowest BCUT2D eigenvalue weighted by Crippen LogP contribution is -2.49. The van der Waals surface area contributed by atoms with E-state index in [1.54, 1.807) is 0 Å². The highest BCUT2D eigenvalue weighted by molar-refractivity contribution is 5.93. The predicted octanol–water partition coefficient (Wildman–Crippen LogP) is 2.30. The van der Waals surface area contributed by atoms with Gasteiger partial charge in [0.15, 0.2) is 0 Å². The van der Waals surface area contributed by atoms with Crippen LogP contribution in [0.25, 0.3) is 0 Å². The minimum Gasteiger partial charge on any atom is -0.329 e. The summed E-state index contributed by atoms with van der Waals surface area (Å²) >= 11 is 0. The lowest BCUT2D eigenvalue weighted by atomic mass is 9.92. The van der Waals surface area contributed by atoms with E-state index in [4.69, 9.17) is 5.73 Å². The topological polar surface area (TPSA) is 58.4 Å². The Morgan fingerprint density at radius 1 is 1.43 bits per heavy atom. The number of rotatable bonds is 4. The number of likely N-dealkylation sites (tertiary alicyclic amines) is 1. The summed E-state index contributed by atoms with van der Waals surface area (Å²) < 4.78 is 0. The Balaban J connectivity index is 1.94. The molecule has 1 fully saturated rings. The van der Waals surface area contributed by atoms with Crippen molar-refractivity contribution in [3.05, 3.63) is 29.3 Å². The molecule has 1 aliphatic heterocycles. The van der Waals surface area contributed by atoms with Gasteiger partial charge in [-0.25, -0.2) is 0 Å². The van der Waals surface area contributed by atoms with Crippen LogP contribution in [0, 0.1) is 19.8 Å². The van der Waals surface area contributed by atoms with Crippen LogP contribution in [0.15, 0.2) is 18.2 Å². The van der Waals surface area contributed by atoms with Crippen molar-refractivity contribution >= 4 is 11.6 Å². The van der Waals surface area contributed by atoms with Gasteiger partial charge in [-0.1, -0.05) is 24.6 Å². The van der Waals surface area contributed by atoms with Crippen LogP contribution in [0.2, 0.25) is 0 Å². The summed E-state index contributed by atoms with van der Waals surface area (Å²) in [7, 11) is 0. The zero-order chi connectivity index (χ0) is 15.4. The van der Waals surface area contributed by atoms with Gasteiger partial charge in [-0.2, -0.15) is 0 Å². The number of benzene rings is 1. The third-order valence-electron chi connectivity index (χ3n) is 4.37. The first-order valence-corrected chi connectivity index (χ1v) is 7.80. The zero-order valence-electron chi connectivity index (χ0n) is 13.4. The molecule has 2 atom stereocenters. The van der Waals surface area contributed by atoms with Crippen molar-refractivity contribution in [1.82, 2.24) is 4.90 Å². The van der Waals surface area contributed by atoms with Crippen LogP contribution < -0.4 is 11.1 Å². The van der Waals surface area contributed by atoms with Crippen molar-refractivity contribution in [2.45, 2.75) is 39.7 Å². The Morgan fingerprint density at radius 3 is 2.86 bits per heavy atom. The Labute approximate surface area is 127 Å². The maximum atomic E-state index is 12.3. The molecular formula is C17H27N3O. The number of anilines is 1. The summed E-state index contributed by atoms with van der Waals surface area (Å²) in [6.07, 6.45) is 2.24. The molecule has 0 radical (unpaired) electrons. The van der Waals surface area contributed by atoms with Crippen molar-refractivity contribution in [2.75, 3.05) is 25.0 Å². The summed E-state index contributed by atoms with van der Waals surface area (Å²) in [4.78, 5) is 14.5. The molecule has 2 rings (SSSR count). The zero-order valence-corrected chi connectivity index (χ0v) is 13.4. The molecule has 0 bridgehead atoms. The average molecular weight is 289 g/mol. The molecule has 0 spiro atoms. The molecule has 1 aliphatic rings. The summed E-state index contributed by atoms with van der Waals surface area (Å²) in [5.74, 6) is 0.757. The quantitative estimate of drug-likeness (QED) is 0.894. The van der Waals surface area contributed by atoms with E-state index >= 15 is 0 Å². The SMILES string of the molecule is Cc1ccc(NC(=O)CN2CCC(C)CC2CN)c(C)c1. The molecule has 1 saturated heterocycles. The minimum atomic E-state index is 0.0509. The van der Waals surface area contributed by atoms with E-state index in [0.29, 0.717) is 25.0 Å². The van der Waals surface area contributed by atoms with E-state index in [0.717, 1.165) is 30.6 Å². The highest BCUT2D eigenvalue weighted by Gasteiger charge is 2.26. The van der Waals surface area contributed by atoms with Gasteiger partial charge < -0.3 is 11.1 Å². The van der Waals surface area contributed by atoms with Crippen LogP contribution in [0.4, 0.5) is 5.69 Å². The van der Waals surface area contributed by atoms with Gasteiger partial charge in [-0.3, -0.25) is 9.69 Å². The van der Waals surface area contributed by atoms with Crippen molar-refractivity contribution in [3.63, 3.8) is 0 Å². The van der Waals surface area contributed by atoms with Gasteiger partial charge in [0, 0.05) is 18.3 Å². The van der Waals surface area contributed by atoms with Crippen LogP contribution >= 0.6 is 0 Å². The van der Waals surface area contributed by atoms with Crippen LogP contribution in [0.3, 0.4) is 0 Å². The molecule has 0 aliphatic carbocycles. The number of carbonyl (C=O) groups excluding carboxylic acids is 1. The van der Waals surface area contributed by atoms with E-state index in [-0.39, 0.29) is 5.91 Å². The number of nitrogens with two attached hydrogens (primary N) is 1. The Kier molecular flexibility index (Phi) is 5.37. The van der Waals surface area contributed by atoms with Crippen molar-refractivity contribution in [1.29, 1.82) is 0 Å². The highest BCUT2D eigenvalue weighted by Crippen LogP contribution is 2.22. The van der Waals surface area contributed by atoms with Gasteiger partial charge >= 0.3 is 0 Å². The normalized spacial score (nSPS) is 23.0. The number of amides is 1. The predicted molar refractivity (Wildman–Crippen MR) is 87.4 cm³/mol. The van der Waals surface area contributed by atoms with Gasteiger partial charge in [-0.15, -0.1) is 0 Å². The number of carbonyl (C=O) groups is 1. The third kappa shape index (κ3) is 4.29. The molecule has 0 aromatic heterocycles. The van der Waals surface area contributed by atoms with Gasteiger partial charge in [0.2, 0.25) is 5.91 Å². The molecule has 1 amide bonds. The third-order valence-corrected chi connectivity index (χ3v) is 4.37. The minimum absolute atomic E-state index is 0.0509. The summed E-state index contributed by atoms with van der Waals surface area (Å²) in [6.45, 7) is 8.36. The summed E-state index contributed by atoms with van der Waals surface area (Å²) in [5.41, 5.74) is 9.06. The van der Waals surface area contributed by atoms with E-state index in [1.165, 1.54) is 5.56 Å². The van der Waals surface area contributed by atoms with Crippen LogP contribution in [0.5, 0.6) is 0 Å². The van der Waals surface area contributed by atoms with Gasteiger partial charge in [0.1, 0.15) is 0 Å². The fraction of sp³-hybridized carbons (Fsp3) is 0.588. The molecule has 0 saturated carbocycles. The smallest absolute Gasteiger partial charge is 0.238 e. The molecule has 4 nitrogen and oxygen atoms in total. The lowest BCUT2D eigenvalue weighted by Gasteiger charge is -2.37. The molecule has 1 aromatic rings. The molecule has 4 heteroatoms. The first-order chi connectivity index (χ1) is 9.99. The summed E-state index contributed by atoms with van der Waals surface area (Å²) in [6, 6.07) is 6.41.